The molecule has 1 aliphatic carbocycles. The molecule has 0 atom stereocenters. The van der Waals surface area contributed by atoms with Gasteiger partial charge in [0.15, 0.2) is 0 Å². The van der Waals surface area contributed by atoms with Crippen LogP contribution in [0.3, 0.4) is 0 Å². The highest BCUT2D eigenvalue weighted by Gasteiger charge is 2.29. The van der Waals surface area contributed by atoms with E-state index >= 15 is 0 Å². The van der Waals surface area contributed by atoms with Crippen molar-refractivity contribution in [2.75, 3.05) is 5.32 Å². The predicted octanol–water partition coefficient (Wildman–Crippen LogP) is 5.21. The van der Waals surface area contributed by atoms with Crippen LogP contribution in [0.1, 0.15) is 18.4 Å². The Hall–Kier alpha value is -2.39. The summed E-state index contributed by atoms with van der Waals surface area (Å²) in [5.74, 6) is 0.878. The maximum atomic E-state index is 11.9. The lowest BCUT2D eigenvalue weighted by molar-refractivity contribution is -0.117. The molecule has 0 bridgehead atoms. The molecule has 1 saturated carbocycles. The lowest BCUT2D eigenvalue weighted by Crippen LogP contribution is -2.14. The third kappa shape index (κ3) is 3.00. The molecule has 0 aliphatic heterocycles. The molecular formula is C20H17ClN2O. The van der Waals surface area contributed by atoms with Gasteiger partial charge in [-0.15, -0.1) is 0 Å². The third-order valence-corrected chi connectivity index (χ3v) is 4.66. The number of anilines is 1. The lowest BCUT2D eigenvalue weighted by atomic mass is 9.98. The summed E-state index contributed by atoms with van der Waals surface area (Å²) < 4.78 is 0. The highest BCUT2D eigenvalue weighted by Crippen LogP contribution is 2.31. The van der Waals surface area contributed by atoms with Crippen molar-refractivity contribution in [2.45, 2.75) is 19.8 Å². The summed E-state index contributed by atoms with van der Waals surface area (Å²) in [5.41, 5.74) is 3.43. The quantitative estimate of drug-likeness (QED) is 0.713. The number of benzene rings is 2. The van der Waals surface area contributed by atoms with Crippen molar-refractivity contribution in [2.24, 2.45) is 5.92 Å². The molecule has 0 radical (unpaired) electrons. The van der Waals surface area contributed by atoms with E-state index in [0.29, 0.717) is 5.82 Å². The number of halogens is 1. The van der Waals surface area contributed by atoms with Crippen molar-refractivity contribution in [1.82, 2.24) is 4.98 Å². The Bertz CT molecular complexity index is 948. The van der Waals surface area contributed by atoms with E-state index in [4.69, 9.17) is 11.6 Å². The maximum absolute atomic E-state index is 11.9. The normalized spacial score (nSPS) is 13.9. The van der Waals surface area contributed by atoms with Crippen LogP contribution >= 0.6 is 11.6 Å². The number of carbonyl (C=O) groups excluding carboxylic acids is 1. The molecule has 1 aliphatic rings. The van der Waals surface area contributed by atoms with Crippen molar-refractivity contribution < 1.29 is 4.79 Å². The molecule has 3 nitrogen and oxygen atoms in total. The van der Waals surface area contributed by atoms with Gasteiger partial charge in [-0.25, -0.2) is 4.98 Å². The van der Waals surface area contributed by atoms with Gasteiger partial charge in [-0.2, -0.15) is 0 Å². The van der Waals surface area contributed by atoms with Gasteiger partial charge >= 0.3 is 0 Å². The standard InChI is InChI=1S/C20H17ClN2O/c1-12-8-17(21)6-7-18(12)15-5-4-14-10-19(22-11-16(14)9-15)23-20(24)13-2-3-13/h4-11,13H,2-3H2,1H3,(H,22,23,24). The number of nitrogens with one attached hydrogen (secondary N) is 1. The molecule has 0 spiro atoms. The zero-order valence-corrected chi connectivity index (χ0v) is 14.1. The topological polar surface area (TPSA) is 42.0 Å². The summed E-state index contributed by atoms with van der Waals surface area (Å²) in [6.45, 7) is 2.06. The maximum Gasteiger partial charge on any atom is 0.228 e. The second-order valence-corrected chi connectivity index (χ2v) is 6.79. The number of carbonyl (C=O) groups is 1. The number of hydrogen-bond donors (Lipinski definition) is 1. The molecule has 1 amide bonds. The van der Waals surface area contributed by atoms with Crippen molar-refractivity contribution >= 4 is 34.1 Å². The summed E-state index contributed by atoms with van der Waals surface area (Å²) in [4.78, 5) is 16.2. The third-order valence-electron chi connectivity index (χ3n) is 4.42. The van der Waals surface area contributed by atoms with Crippen LogP contribution in [0.15, 0.2) is 48.7 Å². The SMILES string of the molecule is Cc1cc(Cl)ccc1-c1ccc2cc(NC(=O)C3CC3)ncc2c1. The first-order valence-corrected chi connectivity index (χ1v) is 8.45. The summed E-state index contributed by atoms with van der Waals surface area (Å²) >= 11 is 6.04. The molecular weight excluding hydrogens is 320 g/mol. The van der Waals surface area contributed by atoms with Crippen molar-refractivity contribution in [1.29, 1.82) is 0 Å². The number of rotatable bonds is 3. The van der Waals surface area contributed by atoms with Crippen LogP contribution in [0.4, 0.5) is 5.82 Å². The van der Waals surface area contributed by atoms with Gasteiger partial charge in [-0.05, 0) is 66.1 Å². The summed E-state index contributed by atoms with van der Waals surface area (Å²) in [6, 6.07) is 14.1. The summed E-state index contributed by atoms with van der Waals surface area (Å²) in [5, 5.41) is 5.75. The van der Waals surface area contributed by atoms with Gasteiger partial charge in [0, 0.05) is 22.5 Å². The van der Waals surface area contributed by atoms with Crippen molar-refractivity contribution in [3.63, 3.8) is 0 Å². The van der Waals surface area contributed by atoms with Crippen LogP contribution in [-0.4, -0.2) is 10.9 Å². The van der Waals surface area contributed by atoms with E-state index in [-0.39, 0.29) is 11.8 Å². The van der Waals surface area contributed by atoms with E-state index in [9.17, 15) is 4.79 Å². The molecule has 3 aromatic rings. The number of hydrogen-bond acceptors (Lipinski definition) is 2. The van der Waals surface area contributed by atoms with E-state index in [0.717, 1.165) is 45.3 Å². The number of aryl methyl sites for hydroxylation is 1. The number of fused-ring (bicyclic) bond motifs is 1. The Labute approximate surface area is 145 Å². The van der Waals surface area contributed by atoms with E-state index in [1.165, 1.54) is 0 Å². The van der Waals surface area contributed by atoms with Crippen LogP contribution < -0.4 is 5.32 Å². The first-order valence-electron chi connectivity index (χ1n) is 8.07. The Balaban J connectivity index is 1.67. The molecule has 0 unspecified atom stereocenters. The highest BCUT2D eigenvalue weighted by molar-refractivity contribution is 6.30. The molecule has 24 heavy (non-hydrogen) atoms. The summed E-state index contributed by atoms with van der Waals surface area (Å²) in [7, 11) is 0. The molecule has 2 aromatic carbocycles. The monoisotopic (exact) mass is 336 g/mol. The number of nitrogens with zero attached hydrogens (tertiary/aromatic N) is 1. The molecule has 1 aromatic heterocycles. The first kappa shape index (κ1) is 15.2. The van der Waals surface area contributed by atoms with Gasteiger partial charge in [0.1, 0.15) is 5.82 Å². The minimum Gasteiger partial charge on any atom is -0.310 e. The highest BCUT2D eigenvalue weighted by atomic mass is 35.5. The van der Waals surface area contributed by atoms with Gasteiger partial charge in [-0.1, -0.05) is 29.8 Å². The fraction of sp³-hybridized carbons (Fsp3) is 0.200. The minimum absolute atomic E-state index is 0.0789. The predicted molar refractivity (Wildman–Crippen MR) is 98.3 cm³/mol. The van der Waals surface area contributed by atoms with Gasteiger partial charge in [0.2, 0.25) is 5.91 Å². The van der Waals surface area contributed by atoms with E-state index in [1.54, 1.807) is 0 Å². The Morgan fingerprint density at radius 3 is 2.71 bits per heavy atom. The molecule has 1 N–H and O–H groups in total. The molecule has 4 heteroatoms. The zero-order chi connectivity index (χ0) is 16.7. The Kier molecular flexibility index (Phi) is 3.73. The second kappa shape index (κ2) is 5.91. The average molecular weight is 337 g/mol. The Morgan fingerprint density at radius 1 is 1.12 bits per heavy atom. The van der Waals surface area contributed by atoms with E-state index in [1.807, 2.05) is 30.5 Å². The minimum atomic E-state index is 0.0789. The van der Waals surface area contributed by atoms with Crippen LogP contribution in [0, 0.1) is 12.8 Å². The second-order valence-electron chi connectivity index (χ2n) is 6.35. The van der Waals surface area contributed by atoms with Crippen molar-refractivity contribution in [3.8, 4) is 11.1 Å². The van der Waals surface area contributed by atoms with Gasteiger partial charge in [0.25, 0.3) is 0 Å². The van der Waals surface area contributed by atoms with Crippen LogP contribution in [-0.2, 0) is 4.79 Å². The molecule has 4 rings (SSSR count). The van der Waals surface area contributed by atoms with E-state index < -0.39 is 0 Å². The number of pyridine rings is 1. The van der Waals surface area contributed by atoms with Crippen LogP contribution in [0.2, 0.25) is 5.02 Å². The summed E-state index contributed by atoms with van der Waals surface area (Å²) in [6.07, 6.45) is 3.79. The average Bonchev–Trinajstić information content (AvgIpc) is 3.39. The molecule has 0 saturated heterocycles. The fourth-order valence-electron chi connectivity index (χ4n) is 2.90. The molecule has 1 fully saturated rings. The Morgan fingerprint density at radius 2 is 1.96 bits per heavy atom. The van der Waals surface area contributed by atoms with Crippen LogP contribution in [0.25, 0.3) is 21.9 Å². The molecule has 1 heterocycles. The number of aromatic nitrogens is 1. The fourth-order valence-corrected chi connectivity index (χ4v) is 3.13. The number of amides is 1. The van der Waals surface area contributed by atoms with Crippen molar-refractivity contribution in [3.05, 3.63) is 59.2 Å². The van der Waals surface area contributed by atoms with Crippen LogP contribution in [0.5, 0.6) is 0 Å². The van der Waals surface area contributed by atoms with Gasteiger partial charge < -0.3 is 5.32 Å². The smallest absolute Gasteiger partial charge is 0.228 e. The first-order chi connectivity index (χ1) is 11.6. The molecule has 120 valence electrons. The van der Waals surface area contributed by atoms with E-state index in [2.05, 4.69) is 35.4 Å². The lowest BCUT2D eigenvalue weighted by Gasteiger charge is -2.09. The van der Waals surface area contributed by atoms with Gasteiger partial charge in [0.05, 0.1) is 0 Å². The zero-order valence-electron chi connectivity index (χ0n) is 13.3. The largest absolute Gasteiger partial charge is 0.310 e. The van der Waals surface area contributed by atoms with Gasteiger partial charge in [-0.3, -0.25) is 4.79 Å².